The van der Waals surface area contributed by atoms with Gasteiger partial charge in [0.1, 0.15) is 11.0 Å². The van der Waals surface area contributed by atoms with E-state index in [-0.39, 0.29) is 24.0 Å². The molecule has 1 aromatic heterocycles. The highest BCUT2D eigenvalue weighted by Gasteiger charge is 2.44. The van der Waals surface area contributed by atoms with E-state index in [1.807, 2.05) is 39.0 Å². The highest BCUT2D eigenvalue weighted by atomic mass is 32.1. The largest absolute Gasteiger partial charge is 0.326 e. The lowest BCUT2D eigenvalue weighted by Crippen LogP contribution is -2.54. The van der Waals surface area contributed by atoms with Crippen LogP contribution in [-0.2, 0) is 15.1 Å². The van der Waals surface area contributed by atoms with Crippen molar-refractivity contribution < 1.29 is 24.0 Å². The standard InChI is InChI=1S/C25H23N5O5S/c1-12-5-4-6-17-19(12)28-23(36-17)25(2,3)29-24(35)26-13-7-8-14-15(11-13)22(34)30(21(14)33)16-9-10-18(31)27-20(16)32/h4-8,11,16H,9-10H2,1-3H3,(H2,26,29,35)(H,27,31,32). The first kappa shape index (κ1) is 23.6. The van der Waals surface area contributed by atoms with Crippen molar-refractivity contribution in [2.75, 3.05) is 5.32 Å². The van der Waals surface area contributed by atoms with E-state index in [0.717, 1.165) is 25.7 Å². The third-order valence-corrected chi connectivity index (χ3v) is 7.62. The number of urea groups is 1. The summed E-state index contributed by atoms with van der Waals surface area (Å²) in [7, 11) is 0. The first-order valence-electron chi connectivity index (χ1n) is 11.4. The highest BCUT2D eigenvalue weighted by Crippen LogP contribution is 2.32. The molecule has 36 heavy (non-hydrogen) atoms. The zero-order valence-corrected chi connectivity index (χ0v) is 20.6. The van der Waals surface area contributed by atoms with Gasteiger partial charge in [-0.15, -0.1) is 11.3 Å². The van der Waals surface area contributed by atoms with Crippen LogP contribution in [0, 0.1) is 6.92 Å². The van der Waals surface area contributed by atoms with E-state index in [1.54, 1.807) is 0 Å². The van der Waals surface area contributed by atoms with Gasteiger partial charge in [-0.2, -0.15) is 0 Å². The maximum Gasteiger partial charge on any atom is 0.319 e. The van der Waals surface area contributed by atoms with Crippen LogP contribution in [0.4, 0.5) is 10.5 Å². The summed E-state index contributed by atoms with van der Waals surface area (Å²) in [5.41, 5.74) is 1.72. The average molecular weight is 506 g/mol. The van der Waals surface area contributed by atoms with Gasteiger partial charge >= 0.3 is 6.03 Å². The number of anilines is 1. The van der Waals surface area contributed by atoms with Gasteiger partial charge < -0.3 is 10.6 Å². The van der Waals surface area contributed by atoms with E-state index >= 15 is 0 Å². The summed E-state index contributed by atoms with van der Waals surface area (Å²) in [6, 6.07) is 8.76. The summed E-state index contributed by atoms with van der Waals surface area (Å²) in [6.07, 6.45) is 0.116. The number of fused-ring (bicyclic) bond motifs is 2. The number of nitrogens with zero attached hydrogens (tertiary/aromatic N) is 2. The smallest absolute Gasteiger partial charge is 0.319 e. The second-order valence-electron chi connectivity index (χ2n) is 9.35. The van der Waals surface area contributed by atoms with E-state index in [2.05, 4.69) is 16.0 Å². The van der Waals surface area contributed by atoms with Gasteiger partial charge in [0.2, 0.25) is 11.8 Å². The van der Waals surface area contributed by atoms with Crippen LogP contribution in [-0.4, -0.2) is 45.6 Å². The lowest BCUT2D eigenvalue weighted by atomic mass is 10.0. The van der Waals surface area contributed by atoms with Crippen molar-refractivity contribution in [1.82, 2.24) is 20.5 Å². The van der Waals surface area contributed by atoms with Crippen molar-refractivity contribution in [2.45, 2.75) is 45.2 Å². The summed E-state index contributed by atoms with van der Waals surface area (Å²) in [5, 5.41) is 8.53. The Morgan fingerprint density at radius 1 is 1.11 bits per heavy atom. The Bertz CT molecular complexity index is 1480. The van der Waals surface area contributed by atoms with Crippen LogP contribution >= 0.6 is 11.3 Å². The number of carbonyl (C=O) groups excluding carboxylic acids is 5. The molecule has 2 aliphatic rings. The number of hydrogen-bond acceptors (Lipinski definition) is 7. The molecule has 10 nitrogen and oxygen atoms in total. The molecule has 1 saturated heterocycles. The van der Waals surface area contributed by atoms with Crippen LogP contribution in [0.2, 0.25) is 0 Å². The molecule has 6 amide bonds. The Morgan fingerprint density at radius 2 is 1.86 bits per heavy atom. The number of rotatable bonds is 4. The van der Waals surface area contributed by atoms with Crippen LogP contribution in [0.15, 0.2) is 36.4 Å². The maximum absolute atomic E-state index is 13.0. The molecule has 1 fully saturated rings. The number of carbonyl (C=O) groups is 5. The molecule has 184 valence electrons. The summed E-state index contributed by atoms with van der Waals surface area (Å²) >= 11 is 1.50. The van der Waals surface area contributed by atoms with E-state index in [9.17, 15) is 24.0 Å². The van der Waals surface area contributed by atoms with E-state index in [4.69, 9.17) is 4.98 Å². The number of para-hydroxylation sites is 1. The van der Waals surface area contributed by atoms with Gasteiger partial charge in [-0.25, -0.2) is 9.78 Å². The van der Waals surface area contributed by atoms with Crippen molar-refractivity contribution in [2.24, 2.45) is 0 Å². The predicted molar refractivity (Wildman–Crippen MR) is 133 cm³/mol. The summed E-state index contributed by atoms with van der Waals surface area (Å²) in [6.45, 7) is 5.69. The van der Waals surface area contributed by atoms with Gasteiger partial charge in [-0.05, 0) is 57.0 Å². The first-order chi connectivity index (χ1) is 17.0. The maximum atomic E-state index is 13.0. The predicted octanol–water partition coefficient (Wildman–Crippen LogP) is 3.06. The third-order valence-electron chi connectivity index (χ3n) is 6.28. The van der Waals surface area contributed by atoms with Gasteiger partial charge in [0.25, 0.3) is 11.8 Å². The van der Waals surface area contributed by atoms with Crippen LogP contribution in [0.3, 0.4) is 0 Å². The molecule has 3 N–H and O–H groups in total. The molecule has 0 aliphatic carbocycles. The van der Waals surface area contributed by atoms with E-state index < -0.39 is 41.2 Å². The molecule has 3 aromatic rings. The second-order valence-corrected chi connectivity index (χ2v) is 10.4. The van der Waals surface area contributed by atoms with Gasteiger partial charge in [0.05, 0.1) is 26.9 Å². The number of imide groups is 2. The summed E-state index contributed by atoms with van der Waals surface area (Å²) in [4.78, 5) is 67.9. The molecular weight excluding hydrogens is 482 g/mol. The summed E-state index contributed by atoms with van der Waals surface area (Å²) < 4.78 is 1.03. The van der Waals surface area contributed by atoms with Crippen molar-refractivity contribution in [1.29, 1.82) is 0 Å². The van der Waals surface area contributed by atoms with Gasteiger partial charge in [-0.3, -0.25) is 29.4 Å². The Morgan fingerprint density at radius 3 is 2.58 bits per heavy atom. The van der Waals surface area contributed by atoms with Crippen molar-refractivity contribution in [3.8, 4) is 0 Å². The minimum atomic E-state index is -1.05. The zero-order valence-electron chi connectivity index (χ0n) is 19.8. The minimum Gasteiger partial charge on any atom is -0.326 e. The number of nitrogens with one attached hydrogen (secondary N) is 3. The van der Waals surface area contributed by atoms with Crippen LogP contribution in [0.25, 0.3) is 10.2 Å². The molecular formula is C25H23N5O5S. The first-order valence-corrected chi connectivity index (χ1v) is 12.2. The molecule has 5 rings (SSSR count). The fraction of sp³-hybridized carbons (Fsp3) is 0.280. The number of thiazole rings is 1. The lowest BCUT2D eigenvalue weighted by Gasteiger charge is -2.27. The quantitative estimate of drug-likeness (QED) is 0.466. The molecule has 11 heteroatoms. The van der Waals surface area contributed by atoms with Crippen LogP contribution in [0.1, 0.15) is 58.0 Å². The molecule has 0 saturated carbocycles. The number of aryl methyl sites for hydroxylation is 1. The van der Waals surface area contributed by atoms with Crippen molar-refractivity contribution in [3.05, 3.63) is 58.1 Å². The van der Waals surface area contributed by atoms with E-state index in [0.29, 0.717) is 5.69 Å². The normalized spacial score (nSPS) is 17.9. The zero-order chi connectivity index (χ0) is 25.8. The van der Waals surface area contributed by atoms with E-state index in [1.165, 1.54) is 29.5 Å². The average Bonchev–Trinajstić information content (AvgIpc) is 3.35. The van der Waals surface area contributed by atoms with Gasteiger partial charge in [0.15, 0.2) is 0 Å². The number of aromatic nitrogens is 1. The molecule has 1 atom stereocenters. The molecule has 0 spiro atoms. The molecule has 3 heterocycles. The molecule has 2 aromatic carbocycles. The fourth-order valence-electron chi connectivity index (χ4n) is 4.40. The number of benzene rings is 2. The fourth-order valence-corrected chi connectivity index (χ4v) is 5.50. The number of piperidine rings is 1. The molecule has 0 radical (unpaired) electrons. The minimum absolute atomic E-state index is 0.0425. The molecule has 0 bridgehead atoms. The highest BCUT2D eigenvalue weighted by molar-refractivity contribution is 7.18. The Labute approximate surface area is 210 Å². The van der Waals surface area contributed by atoms with Crippen molar-refractivity contribution in [3.63, 3.8) is 0 Å². The number of hydrogen-bond donors (Lipinski definition) is 3. The molecule has 2 aliphatic heterocycles. The van der Waals surface area contributed by atoms with Crippen LogP contribution in [0.5, 0.6) is 0 Å². The SMILES string of the molecule is Cc1cccc2sc(C(C)(C)NC(=O)Nc3ccc4c(c3)C(=O)N(C3CCC(=O)NC3=O)C4=O)nc12. The monoisotopic (exact) mass is 505 g/mol. The van der Waals surface area contributed by atoms with Gasteiger partial charge in [0, 0.05) is 12.1 Å². The third kappa shape index (κ3) is 4.01. The Hall–Kier alpha value is -4.12. The number of amides is 6. The van der Waals surface area contributed by atoms with Crippen molar-refractivity contribution >= 4 is 56.9 Å². The topological polar surface area (TPSA) is 138 Å². The Kier molecular flexibility index (Phi) is 5.59. The molecule has 1 unspecified atom stereocenters. The summed E-state index contributed by atoms with van der Waals surface area (Å²) in [5.74, 6) is -2.36. The van der Waals surface area contributed by atoms with Gasteiger partial charge in [-0.1, -0.05) is 12.1 Å². The second kappa shape index (κ2) is 8.52. The van der Waals surface area contributed by atoms with Crippen LogP contribution < -0.4 is 16.0 Å². The lowest BCUT2D eigenvalue weighted by molar-refractivity contribution is -0.136. The Balaban J connectivity index is 1.32.